The Kier molecular flexibility index (Phi) is 4.11. The molecule has 0 saturated carbocycles. The van der Waals surface area contributed by atoms with E-state index in [0.29, 0.717) is 31.5 Å². The van der Waals surface area contributed by atoms with E-state index >= 15 is 0 Å². The van der Waals surface area contributed by atoms with Crippen molar-refractivity contribution in [2.75, 3.05) is 18.0 Å². The Morgan fingerprint density at radius 2 is 2.29 bits per heavy atom. The van der Waals surface area contributed by atoms with Gasteiger partial charge in [0.2, 0.25) is 5.82 Å². The highest BCUT2D eigenvalue weighted by Gasteiger charge is 2.42. The van der Waals surface area contributed by atoms with Crippen LogP contribution in [0.15, 0.2) is 12.1 Å². The van der Waals surface area contributed by atoms with Crippen molar-refractivity contribution < 1.29 is 14.8 Å². The van der Waals surface area contributed by atoms with Crippen LogP contribution in [0, 0.1) is 22.5 Å². The fraction of sp³-hybridized carbons (Fsp3) is 0.571. The van der Waals surface area contributed by atoms with E-state index < -0.39 is 16.3 Å². The summed E-state index contributed by atoms with van der Waals surface area (Å²) in [5, 5.41) is 20.7. The first-order valence-electron chi connectivity index (χ1n) is 7.00. The molecule has 0 aliphatic carbocycles. The van der Waals surface area contributed by atoms with Gasteiger partial charge in [-0.25, -0.2) is 4.98 Å². The maximum absolute atomic E-state index is 11.6. The molecule has 0 radical (unpaired) electrons. The molecule has 2 heterocycles. The van der Waals surface area contributed by atoms with Crippen molar-refractivity contribution in [3.63, 3.8) is 0 Å². The number of aliphatic carboxylic acids is 1. The van der Waals surface area contributed by atoms with Crippen LogP contribution in [-0.2, 0) is 4.79 Å². The van der Waals surface area contributed by atoms with Crippen LogP contribution in [0.3, 0.4) is 0 Å². The Morgan fingerprint density at radius 1 is 1.57 bits per heavy atom. The first-order chi connectivity index (χ1) is 9.89. The summed E-state index contributed by atoms with van der Waals surface area (Å²) in [5.74, 6) is -0.566. The molecule has 7 heteroatoms. The number of carboxylic acid groups (broad SMARTS) is 1. The Morgan fingerprint density at radius 3 is 2.86 bits per heavy atom. The van der Waals surface area contributed by atoms with Gasteiger partial charge in [-0.05, 0) is 32.3 Å². The first-order valence-corrected chi connectivity index (χ1v) is 7.00. The number of pyridine rings is 1. The number of nitrogens with zero attached hydrogens (tertiary/aromatic N) is 3. The fourth-order valence-corrected chi connectivity index (χ4v) is 2.84. The van der Waals surface area contributed by atoms with E-state index in [-0.39, 0.29) is 18.1 Å². The topological polar surface area (TPSA) is 96.6 Å². The molecule has 1 unspecified atom stereocenters. The second kappa shape index (κ2) is 5.67. The number of aryl methyl sites for hydroxylation is 1. The summed E-state index contributed by atoms with van der Waals surface area (Å²) in [6.07, 6.45) is 1.78. The molecule has 1 N–H and O–H groups in total. The molecule has 1 aliphatic heterocycles. The Balaban J connectivity index is 2.40. The van der Waals surface area contributed by atoms with Crippen molar-refractivity contribution in [1.29, 1.82) is 0 Å². The largest absolute Gasteiger partial charge is 0.481 e. The lowest BCUT2D eigenvalue weighted by molar-refractivity contribution is -0.384. The summed E-state index contributed by atoms with van der Waals surface area (Å²) in [5.41, 5.74) is -0.242. The summed E-state index contributed by atoms with van der Waals surface area (Å²) in [6, 6.07) is 3.02. The second-order valence-electron chi connectivity index (χ2n) is 5.52. The molecule has 1 saturated heterocycles. The minimum atomic E-state index is -0.850. The van der Waals surface area contributed by atoms with E-state index in [2.05, 4.69) is 4.98 Å². The van der Waals surface area contributed by atoms with Crippen LogP contribution in [0.2, 0.25) is 0 Å². The van der Waals surface area contributed by atoms with Crippen molar-refractivity contribution in [2.24, 2.45) is 5.41 Å². The van der Waals surface area contributed by atoms with Crippen LogP contribution in [0.1, 0.15) is 31.9 Å². The molecule has 21 heavy (non-hydrogen) atoms. The number of hydrogen-bond donors (Lipinski definition) is 1. The zero-order chi connectivity index (χ0) is 15.6. The molecule has 1 aromatic rings. The van der Waals surface area contributed by atoms with Gasteiger partial charge in [-0.15, -0.1) is 0 Å². The van der Waals surface area contributed by atoms with Crippen molar-refractivity contribution in [3.8, 4) is 0 Å². The van der Waals surface area contributed by atoms with Crippen molar-refractivity contribution in [1.82, 2.24) is 4.98 Å². The average molecular weight is 293 g/mol. The molecule has 0 spiro atoms. The molecule has 2 rings (SSSR count). The van der Waals surface area contributed by atoms with Gasteiger partial charge in [0.05, 0.1) is 10.3 Å². The van der Waals surface area contributed by atoms with Crippen LogP contribution in [0.4, 0.5) is 11.5 Å². The molecular weight excluding hydrogens is 274 g/mol. The predicted octanol–water partition coefficient (Wildman–Crippen LogP) is 2.38. The molecule has 0 bridgehead atoms. The summed E-state index contributed by atoms with van der Waals surface area (Å²) in [6.45, 7) is 4.46. The summed E-state index contributed by atoms with van der Waals surface area (Å²) >= 11 is 0. The van der Waals surface area contributed by atoms with Crippen LogP contribution >= 0.6 is 0 Å². The number of anilines is 1. The number of carboxylic acids is 1. The van der Waals surface area contributed by atoms with E-state index in [1.807, 2.05) is 6.92 Å². The molecule has 1 aliphatic rings. The molecule has 7 nitrogen and oxygen atoms in total. The van der Waals surface area contributed by atoms with Gasteiger partial charge in [-0.3, -0.25) is 14.9 Å². The van der Waals surface area contributed by atoms with Crippen molar-refractivity contribution >= 4 is 17.5 Å². The van der Waals surface area contributed by atoms with Gasteiger partial charge in [0.15, 0.2) is 0 Å². The summed E-state index contributed by atoms with van der Waals surface area (Å²) in [7, 11) is 0. The third kappa shape index (κ3) is 2.81. The van der Waals surface area contributed by atoms with Crippen LogP contribution in [0.25, 0.3) is 0 Å². The van der Waals surface area contributed by atoms with Crippen LogP contribution < -0.4 is 4.90 Å². The first kappa shape index (κ1) is 15.2. The summed E-state index contributed by atoms with van der Waals surface area (Å²) < 4.78 is 0. The number of carbonyl (C=O) groups is 1. The SMILES string of the molecule is CCC1(C(=O)O)CCCN(c2nc(C)ccc2[N+](=O)[O-])C1. The van der Waals surface area contributed by atoms with E-state index in [9.17, 15) is 20.0 Å². The standard InChI is InChI=1S/C14H19N3O4/c1-3-14(13(18)19)7-4-8-16(9-14)12-11(17(20)21)6-5-10(2)15-12/h5-6H,3-4,7-9H2,1-2H3,(H,18,19). The lowest BCUT2D eigenvalue weighted by atomic mass is 9.77. The van der Waals surface area contributed by atoms with Gasteiger partial charge in [-0.2, -0.15) is 0 Å². The van der Waals surface area contributed by atoms with Gasteiger partial charge in [0.1, 0.15) is 0 Å². The van der Waals surface area contributed by atoms with Gasteiger partial charge >= 0.3 is 11.7 Å². The van der Waals surface area contributed by atoms with E-state index in [4.69, 9.17) is 0 Å². The smallest absolute Gasteiger partial charge is 0.311 e. The van der Waals surface area contributed by atoms with Gasteiger partial charge in [0, 0.05) is 24.8 Å². The molecular formula is C14H19N3O4. The maximum Gasteiger partial charge on any atom is 0.311 e. The zero-order valence-electron chi connectivity index (χ0n) is 12.2. The summed E-state index contributed by atoms with van der Waals surface area (Å²) in [4.78, 5) is 28.3. The Labute approximate surface area is 122 Å². The van der Waals surface area contributed by atoms with E-state index in [0.717, 1.165) is 0 Å². The number of aromatic nitrogens is 1. The normalized spacial score (nSPS) is 22.1. The average Bonchev–Trinajstić information content (AvgIpc) is 2.46. The molecule has 1 aromatic heterocycles. The second-order valence-corrected chi connectivity index (χ2v) is 5.52. The van der Waals surface area contributed by atoms with Gasteiger partial charge in [-0.1, -0.05) is 6.92 Å². The predicted molar refractivity (Wildman–Crippen MR) is 77.4 cm³/mol. The molecule has 1 fully saturated rings. The minimum Gasteiger partial charge on any atom is -0.481 e. The lowest BCUT2D eigenvalue weighted by Gasteiger charge is -2.39. The monoisotopic (exact) mass is 293 g/mol. The van der Waals surface area contributed by atoms with E-state index in [1.165, 1.54) is 6.07 Å². The van der Waals surface area contributed by atoms with Gasteiger partial charge in [0.25, 0.3) is 0 Å². The highest BCUT2D eigenvalue weighted by Crippen LogP contribution is 2.37. The molecule has 1 atom stereocenters. The van der Waals surface area contributed by atoms with E-state index in [1.54, 1.807) is 17.9 Å². The minimum absolute atomic E-state index is 0.0714. The molecule has 0 amide bonds. The number of rotatable bonds is 4. The number of nitro groups is 1. The molecule has 0 aromatic carbocycles. The number of piperidine rings is 1. The third-order valence-corrected chi connectivity index (χ3v) is 4.20. The quantitative estimate of drug-likeness (QED) is 0.676. The fourth-order valence-electron chi connectivity index (χ4n) is 2.84. The van der Waals surface area contributed by atoms with Crippen LogP contribution in [-0.4, -0.2) is 34.1 Å². The Bertz CT molecular complexity index is 575. The van der Waals surface area contributed by atoms with Gasteiger partial charge < -0.3 is 10.0 Å². The highest BCUT2D eigenvalue weighted by molar-refractivity contribution is 5.76. The highest BCUT2D eigenvalue weighted by atomic mass is 16.6. The molecule has 114 valence electrons. The maximum atomic E-state index is 11.6. The third-order valence-electron chi connectivity index (χ3n) is 4.20. The van der Waals surface area contributed by atoms with Crippen molar-refractivity contribution in [3.05, 3.63) is 27.9 Å². The van der Waals surface area contributed by atoms with Crippen LogP contribution in [0.5, 0.6) is 0 Å². The number of hydrogen-bond acceptors (Lipinski definition) is 5. The Hall–Kier alpha value is -2.18. The lowest BCUT2D eigenvalue weighted by Crippen LogP contribution is -2.48. The zero-order valence-corrected chi connectivity index (χ0v) is 12.2. The van der Waals surface area contributed by atoms with Crippen molar-refractivity contribution in [2.45, 2.75) is 33.1 Å².